The van der Waals surface area contributed by atoms with Crippen LogP contribution in [0, 0.1) is 6.92 Å². The van der Waals surface area contributed by atoms with Gasteiger partial charge in [0.1, 0.15) is 5.75 Å². The average Bonchev–Trinajstić information content (AvgIpc) is 2.87. The van der Waals surface area contributed by atoms with E-state index in [4.69, 9.17) is 9.15 Å². The molecule has 6 heteroatoms. The molecular formula is C12H12N2O4. The fourth-order valence-corrected chi connectivity index (χ4v) is 1.49. The summed E-state index contributed by atoms with van der Waals surface area (Å²) in [6.45, 7) is 1.93. The van der Waals surface area contributed by atoms with Gasteiger partial charge in [-0.1, -0.05) is 11.6 Å². The predicted octanol–water partition coefficient (Wildman–Crippen LogP) is 1.84. The van der Waals surface area contributed by atoms with E-state index in [0.29, 0.717) is 11.3 Å². The average molecular weight is 248 g/mol. The zero-order chi connectivity index (χ0) is 13.1. The first-order valence-corrected chi connectivity index (χ1v) is 5.22. The second-order valence-corrected chi connectivity index (χ2v) is 3.61. The van der Waals surface area contributed by atoms with Gasteiger partial charge in [0.05, 0.1) is 19.8 Å². The topological polar surface area (TPSA) is 74.5 Å². The number of aromatic nitrogens is 2. The van der Waals surface area contributed by atoms with Crippen molar-refractivity contribution in [3.05, 3.63) is 29.7 Å². The molecule has 0 aliphatic rings. The van der Waals surface area contributed by atoms with E-state index < -0.39 is 5.97 Å². The highest BCUT2D eigenvalue weighted by Crippen LogP contribution is 2.29. The molecule has 0 saturated heterocycles. The molecule has 1 aromatic carbocycles. The number of carbonyl (C=O) groups is 1. The van der Waals surface area contributed by atoms with Crippen molar-refractivity contribution in [2.45, 2.75) is 6.92 Å². The summed E-state index contributed by atoms with van der Waals surface area (Å²) >= 11 is 0. The van der Waals surface area contributed by atoms with Gasteiger partial charge in [-0.25, -0.2) is 4.79 Å². The molecule has 0 saturated carbocycles. The van der Waals surface area contributed by atoms with Gasteiger partial charge in [-0.3, -0.25) is 0 Å². The summed E-state index contributed by atoms with van der Waals surface area (Å²) in [5.74, 6) is -0.0342. The first-order valence-electron chi connectivity index (χ1n) is 5.22. The number of nitrogens with zero attached hydrogens (tertiary/aromatic N) is 2. The van der Waals surface area contributed by atoms with E-state index in [1.165, 1.54) is 7.11 Å². The van der Waals surface area contributed by atoms with Gasteiger partial charge in [0.25, 0.3) is 5.89 Å². The SMILES string of the molecule is COC(=O)c1nnc(-c2cc(C)ccc2OC)o1. The molecule has 1 heterocycles. The maximum Gasteiger partial charge on any atom is 0.396 e. The van der Waals surface area contributed by atoms with Gasteiger partial charge in [0.15, 0.2) is 0 Å². The molecule has 6 nitrogen and oxygen atoms in total. The minimum Gasteiger partial charge on any atom is -0.496 e. The van der Waals surface area contributed by atoms with Crippen LogP contribution in [-0.2, 0) is 4.74 Å². The molecule has 0 aliphatic carbocycles. The standard InChI is InChI=1S/C12H12N2O4/c1-7-4-5-9(16-2)8(6-7)10-13-14-11(18-10)12(15)17-3/h4-6H,1-3H3. The van der Waals surface area contributed by atoms with Crippen LogP contribution in [0.3, 0.4) is 0 Å². The van der Waals surface area contributed by atoms with Gasteiger partial charge in [-0.05, 0) is 19.1 Å². The maximum atomic E-state index is 11.2. The third-order valence-electron chi connectivity index (χ3n) is 2.37. The van der Waals surface area contributed by atoms with E-state index in [1.54, 1.807) is 13.2 Å². The number of hydrogen-bond donors (Lipinski definition) is 0. The second kappa shape index (κ2) is 4.87. The summed E-state index contributed by atoms with van der Waals surface area (Å²) in [7, 11) is 2.80. The van der Waals surface area contributed by atoms with Gasteiger partial charge >= 0.3 is 11.9 Å². The molecule has 0 amide bonds. The van der Waals surface area contributed by atoms with Crippen LogP contribution in [0.15, 0.2) is 22.6 Å². The molecule has 0 aliphatic heterocycles. The molecule has 2 aromatic rings. The lowest BCUT2D eigenvalue weighted by Crippen LogP contribution is -2.00. The van der Waals surface area contributed by atoms with E-state index >= 15 is 0 Å². The Labute approximate surface area is 104 Å². The molecule has 0 atom stereocenters. The fourth-order valence-electron chi connectivity index (χ4n) is 1.49. The van der Waals surface area contributed by atoms with Crippen molar-refractivity contribution in [2.24, 2.45) is 0 Å². The summed E-state index contributed by atoms with van der Waals surface area (Å²) in [4.78, 5) is 11.2. The van der Waals surface area contributed by atoms with Gasteiger partial charge in [0, 0.05) is 0 Å². The molecule has 0 radical (unpaired) electrons. The molecule has 0 unspecified atom stereocenters. The lowest BCUT2D eigenvalue weighted by Gasteiger charge is -2.05. The van der Waals surface area contributed by atoms with Gasteiger partial charge in [-0.2, -0.15) is 0 Å². The molecule has 94 valence electrons. The van der Waals surface area contributed by atoms with Crippen LogP contribution in [0.2, 0.25) is 0 Å². The smallest absolute Gasteiger partial charge is 0.396 e. The van der Waals surface area contributed by atoms with Crippen LogP contribution >= 0.6 is 0 Å². The zero-order valence-electron chi connectivity index (χ0n) is 10.3. The Hall–Kier alpha value is -2.37. The lowest BCUT2D eigenvalue weighted by atomic mass is 10.1. The number of aryl methyl sites for hydroxylation is 1. The maximum absolute atomic E-state index is 11.2. The zero-order valence-corrected chi connectivity index (χ0v) is 10.3. The Morgan fingerprint density at radius 3 is 2.72 bits per heavy atom. The first kappa shape index (κ1) is 12.1. The molecule has 2 rings (SSSR count). The molecule has 0 bridgehead atoms. The number of hydrogen-bond acceptors (Lipinski definition) is 6. The Morgan fingerprint density at radius 1 is 1.28 bits per heavy atom. The van der Waals surface area contributed by atoms with Gasteiger partial charge in [0.2, 0.25) is 0 Å². The number of benzene rings is 1. The van der Waals surface area contributed by atoms with Crippen molar-refractivity contribution in [3.63, 3.8) is 0 Å². The van der Waals surface area contributed by atoms with Crippen LogP contribution < -0.4 is 4.74 Å². The molecule has 0 N–H and O–H groups in total. The predicted molar refractivity (Wildman–Crippen MR) is 62.4 cm³/mol. The normalized spacial score (nSPS) is 10.2. The highest BCUT2D eigenvalue weighted by Gasteiger charge is 2.18. The Bertz CT molecular complexity index is 577. The lowest BCUT2D eigenvalue weighted by molar-refractivity contribution is 0.0556. The van der Waals surface area contributed by atoms with Crippen molar-refractivity contribution in [2.75, 3.05) is 14.2 Å². The summed E-state index contributed by atoms with van der Waals surface area (Å²) in [5, 5.41) is 7.43. The number of rotatable bonds is 3. The van der Waals surface area contributed by atoms with Crippen molar-refractivity contribution in [1.29, 1.82) is 0 Å². The van der Waals surface area contributed by atoms with E-state index in [-0.39, 0.29) is 11.8 Å². The second-order valence-electron chi connectivity index (χ2n) is 3.61. The van der Waals surface area contributed by atoms with Crippen LogP contribution in [0.1, 0.15) is 16.2 Å². The fraction of sp³-hybridized carbons (Fsp3) is 0.250. The quantitative estimate of drug-likeness (QED) is 0.771. The molecule has 0 spiro atoms. The Balaban J connectivity index is 2.45. The minimum atomic E-state index is -0.666. The van der Waals surface area contributed by atoms with Gasteiger partial charge < -0.3 is 13.9 Å². The van der Waals surface area contributed by atoms with E-state index in [0.717, 1.165) is 5.56 Å². The molecule has 1 aromatic heterocycles. The largest absolute Gasteiger partial charge is 0.496 e. The van der Waals surface area contributed by atoms with Crippen molar-refractivity contribution in [1.82, 2.24) is 10.2 Å². The third kappa shape index (κ3) is 2.17. The van der Waals surface area contributed by atoms with Crippen molar-refractivity contribution < 1.29 is 18.7 Å². The summed E-state index contributed by atoms with van der Waals surface area (Å²) in [5.41, 5.74) is 1.66. The van der Waals surface area contributed by atoms with Crippen molar-refractivity contribution >= 4 is 5.97 Å². The Morgan fingerprint density at radius 2 is 2.06 bits per heavy atom. The minimum absolute atomic E-state index is 0.184. The monoisotopic (exact) mass is 248 g/mol. The molecule has 18 heavy (non-hydrogen) atoms. The number of esters is 1. The van der Waals surface area contributed by atoms with Crippen molar-refractivity contribution in [3.8, 4) is 17.2 Å². The van der Waals surface area contributed by atoms with Gasteiger partial charge in [-0.15, -0.1) is 10.2 Å². The third-order valence-corrected chi connectivity index (χ3v) is 2.37. The first-order chi connectivity index (χ1) is 8.65. The van der Waals surface area contributed by atoms with E-state index in [2.05, 4.69) is 14.9 Å². The van der Waals surface area contributed by atoms with Crippen LogP contribution in [0.25, 0.3) is 11.5 Å². The summed E-state index contributed by atoms with van der Waals surface area (Å²) in [6.07, 6.45) is 0. The van der Waals surface area contributed by atoms with Crippen LogP contribution in [0.5, 0.6) is 5.75 Å². The number of carbonyl (C=O) groups excluding carboxylic acids is 1. The van der Waals surface area contributed by atoms with Crippen LogP contribution in [0.4, 0.5) is 0 Å². The number of ether oxygens (including phenoxy) is 2. The highest BCUT2D eigenvalue weighted by molar-refractivity contribution is 5.84. The molecular weight excluding hydrogens is 236 g/mol. The summed E-state index contributed by atoms with van der Waals surface area (Å²) < 4.78 is 14.9. The van der Waals surface area contributed by atoms with E-state index in [9.17, 15) is 4.79 Å². The van der Waals surface area contributed by atoms with Crippen LogP contribution in [-0.4, -0.2) is 30.4 Å². The highest BCUT2D eigenvalue weighted by atomic mass is 16.5. The Kier molecular flexibility index (Phi) is 3.27. The molecule has 0 fully saturated rings. The summed E-state index contributed by atoms with van der Waals surface area (Å²) in [6, 6.07) is 5.54. The van der Waals surface area contributed by atoms with E-state index in [1.807, 2.05) is 19.1 Å². The number of methoxy groups -OCH3 is 2.